The van der Waals surface area contributed by atoms with E-state index in [1.165, 1.54) is 18.5 Å². The summed E-state index contributed by atoms with van der Waals surface area (Å²) in [5.74, 6) is -0.580. The molecule has 0 saturated heterocycles. The highest BCUT2D eigenvalue weighted by Gasteiger charge is 2.40. The molecule has 2 atom stereocenters. The number of carbonyl (C=O) groups is 1. The molecule has 2 aliphatic heterocycles. The van der Waals surface area contributed by atoms with Crippen LogP contribution in [0.4, 0.5) is 10.1 Å². The second-order valence-electron chi connectivity index (χ2n) is 8.06. The van der Waals surface area contributed by atoms with Gasteiger partial charge in [0.2, 0.25) is 0 Å². The third-order valence-electron chi connectivity index (χ3n) is 6.00. The number of halogens is 1. The Labute approximate surface area is 189 Å². The van der Waals surface area contributed by atoms with Crippen molar-refractivity contribution in [2.75, 3.05) is 25.6 Å². The zero-order chi connectivity index (χ0) is 22.9. The van der Waals surface area contributed by atoms with Crippen LogP contribution in [-0.2, 0) is 13.1 Å². The molecule has 4 N–H and O–H groups in total. The molecule has 0 fully saturated rings. The minimum absolute atomic E-state index is 0.0658. The lowest BCUT2D eigenvalue weighted by Crippen LogP contribution is -2.35. The van der Waals surface area contributed by atoms with Crippen LogP contribution in [0.5, 0.6) is 0 Å². The molecule has 0 aliphatic carbocycles. The van der Waals surface area contributed by atoms with Crippen molar-refractivity contribution in [1.29, 1.82) is 0 Å². The van der Waals surface area contributed by atoms with Gasteiger partial charge in [0.05, 0.1) is 36.5 Å². The Morgan fingerprint density at radius 3 is 2.85 bits per heavy atom. The van der Waals surface area contributed by atoms with Crippen molar-refractivity contribution in [1.82, 2.24) is 25.5 Å². The molecule has 5 rings (SSSR count). The summed E-state index contributed by atoms with van der Waals surface area (Å²) in [4.78, 5) is 21.8. The van der Waals surface area contributed by atoms with Crippen molar-refractivity contribution < 1.29 is 14.3 Å². The van der Waals surface area contributed by atoms with E-state index in [9.17, 15) is 14.3 Å². The molecule has 2 unspecified atom stereocenters. The third kappa shape index (κ3) is 3.82. The standard InChI is InChI=1S/C23H24FN7O2/c1-25-10-13-2-4-14(5-3-13)21-20(23-27-12-28-31(23)6-7-32)22-19-16(18(33)11-26-22)8-15(24)9-17(19)29-30-21/h2-5,8-9,12,20-21,25,29-30,32H,6-7,10-11H2,1H3. The summed E-state index contributed by atoms with van der Waals surface area (Å²) in [5, 5.41) is 17.0. The van der Waals surface area contributed by atoms with Gasteiger partial charge in [-0.25, -0.2) is 19.5 Å². The molecule has 9 nitrogen and oxygen atoms in total. The Balaban J connectivity index is 1.69. The molecule has 0 radical (unpaired) electrons. The number of hydrogen-bond donors (Lipinski definition) is 4. The van der Waals surface area contributed by atoms with Gasteiger partial charge in [0.15, 0.2) is 5.78 Å². The highest BCUT2D eigenvalue weighted by Crippen LogP contribution is 2.40. The van der Waals surface area contributed by atoms with Crippen LogP contribution in [0.25, 0.3) is 0 Å². The first-order valence-electron chi connectivity index (χ1n) is 10.8. The Kier molecular flexibility index (Phi) is 5.71. The van der Waals surface area contributed by atoms with Crippen LogP contribution < -0.4 is 16.2 Å². The number of Topliss-reactive ketones (excluding diaryl/α,β-unsaturated/α-hetero) is 1. The fourth-order valence-corrected chi connectivity index (χ4v) is 4.55. The van der Waals surface area contributed by atoms with Crippen LogP contribution in [0.15, 0.2) is 47.7 Å². The van der Waals surface area contributed by atoms with Crippen molar-refractivity contribution in [2.24, 2.45) is 4.99 Å². The number of aliphatic imine (C=N–C) groups is 1. The summed E-state index contributed by atoms with van der Waals surface area (Å²) >= 11 is 0. The first-order valence-corrected chi connectivity index (χ1v) is 10.8. The van der Waals surface area contributed by atoms with Crippen LogP contribution >= 0.6 is 0 Å². The molecule has 0 amide bonds. The van der Waals surface area contributed by atoms with Crippen LogP contribution in [0, 0.1) is 5.82 Å². The lowest BCUT2D eigenvalue weighted by molar-refractivity contribution is 0.0999. The molecule has 0 bridgehead atoms. The summed E-state index contributed by atoms with van der Waals surface area (Å²) in [7, 11) is 1.89. The van der Waals surface area contributed by atoms with Gasteiger partial charge in [-0.2, -0.15) is 5.10 Å². The third-order valence-corrected chi connectivity index (χ3v) is 6.00. The first kappa shape index (κ1) is 21.4. The number of hydrogen-bond acceptors (Lipinski definition) is 8. The van der Waals surface area contributed by atoms with Crippen molar-refractivity contribution in [3.8, 4) is 0 Å². The lowest BCUT2D eigenvalue weighted by atomic mass is 9.82. The number of rotatable bonds is 6. The number of ketones is 1. The van der Waals surface area contributed by atoms with Crippen molar-refractivity contribution in [3.63, 3.8) is 0 Å². The second kappa shape index (κ2) is 8.81. The summed E-state index contributed by atoms with van der Waals surface area (Å²) in [6.45, 7) is 0.843. The number of aliphatic hydroxyl groups is 1. The molecule has 0 spiro atoms. The number of aromatic nitrogens is 3. The Morgan fingerprint density at radius 2 is 2.09 bits per heavy atom. The molecule has 2 aliphatic rings. The molecule has 170 valence electrons. The second-order valence-corrected chi connectivity index (χ2v) is 8.06. The Hall–Kier alpha value is -3.47. The number of nitrogens with zero attached hydrogens (tertiary/aromatic N) is 4. The van der Waals surface area contributed by atoms with E-state index in [1.807, 2.05) is 31.3 Å². The van der Waals surface area contributed by atoms with Gasteiger partial charge in [-0.15, -0.1) is 0 Å². The molecule has 33 heavy (non-hydrogen) atoms. The predicted octanol–water partition coefficient (Wildman–Crippen LogP) is 1.57. The molecule has 3 aromatic rings. The summed E-state index contributed by atoms with van der Waals surface area (Å²) < 4.78 is 16.0. The van der Waals surface area contributed by atoms with Crippen LogP contribution in [0.2, 0.25) is 0 Å². The van der Waals surface area contributed by atoms with Crippen LogP contribution in [-0.4, -0.2) is 51.6 Å². The molecule has 0 saturated carbocycles. The fraction of sp³-hybridized carbons (Fsp3) is 0.304. The van der Waals surface area contributed by atoms with E-state index in [-0.39, 0.29) is 31.5 Å². The van der Waals surface area contributed by atoms with Crippen LogP contribution in [0.3, 0.4) is 0 Å². The monoisotopic (exact) mass is 449 g/mol. The van der Waals surface area contributed by atoms with Crippen molar-refractivity contribution in [3.05, 3.63) is 76.6 Å². The first-order chi connectivity index (χ1) is 16.1. The summed E-state index contributed by atoms with van der Waals surface area (Å²) in [6.07, 6.45) is 1.44. The molecule has 3 heterocycles. The van der Waals surface area contributed by atoms with Crippen molar-refractivity contribution in [2.45, 2.75) is 25.0 Å². The summed E-state index contributed by atoms with van der Waals surface area (Å²) in [6, 6.07) is 10.4. The van der Waals surface area contributed by atoms with Gasteiger partial charge in [0.25, 0.3) is 0 Å². The minimum Gasteiger partial charge on any atom is -0.394 e. The smallest absolute Gasteiger partial charge is 0.185 e. The van der Waals surface area contributed by atoms with Gasteiger partial charge in [0.1, 0.15) is 24.5 Å². The highest BCUT2D eigenvalue weighted by atomic mass is 19.1. The predicted molar refractivity (Wildman–Crippen MR) is 121 cm³/mol. The van der Waals surface area contributed by atoms with Gasteiger partial charge in [-0.05, 0) is 30.3 Å². The Bertz CT molecular complexity index is 1220. The number of carbonyl (C=O) groups excluding carboxylic acids is 1. The van der Waals surface area contributed by atoms with E-state index >= 15 is 0 Å². The van der Waals surface area contributed by atoms with E-state index in [2.05, 4.69) is 31.2 Å². The highest BCUT2D eigenvalue weighted by molar-refractivity contribution is 6.20. The molecular weight excluding hydrogens is 425 g/mol. The number of aliphatic hydroxyl groups excluding tert-OH is 1. The molecule has 1 aromatic heterocycles. The minimum atomic E-state index is -0.498. The molecular formula is C23H24FN7O2. The Morgan fingerprint density at radius 1 is 1.27 bits per heavy atom. The SMILES string of the molecule is CNCc1ccc(C2NNc3cc(F)cc4c3C(=NCC4=O)C2c2ncnn2CCO)cc1. The maximum absolute atomic E-state index is 14.4. The van der Waals surface area contributed by atoms with Gasteiger partial charge in [-0.3, -0.25) is 9.79 Å². The normalized spacial score (nSPS) is 19.5. The van der Waals surface area contributed by atoms with E-state index in [0.717, 1.165) is 17.7 Å². The zero-order valence-electron chi connectivity index (χ0n) is 18.0. The van der Waals surface area contributed by atoms with E-state index in [0.29, 0.717) is 28.4 Å². The van der Waals surface area contributed by atoms with Gasteiger partial charge in [-0.1, -0.05) is 24.3 Å². The topological polar surface area (TPSA) is 116 Å². The van der Waals surface area contributed by atoms with E-state index in [1.54, 1.807) is 4.68 Å². The van der Waals surface area contributed by atoms with Crippen molar-refractivity contribution >= 4 is 17.2 Å². The number of hydrazine groups is 1. The maximum Gasteiger partial charge on any atom is 0.185 e. The van der Waals surface area contributed by atoms with E-state index < -0.39 is 11.7 Å². The maximum atomic E-state index is 14.4. The van der Waals surface area contributed by atoms with E-state index in [4.69, 9.17) is 0 Å². The zero-order valence-corrected chi connectivity index (χ0v) is 18.0. The quantitative estimate of drug-likeness (QED) is 0.451. The molecule has 10 heteroatoms. The van der Waals surface area contributed by atoms with Gasteiger partial charge in [0, 0.05) is 17.7 Å². The number of anilines is 1. The lowest BCUT2D eigenvalue weighted by Gasteiger charge is -2.28. The largest absolute Gasteiger partial charge is 0.394 e. The molecule has 2 aromatic carbocycles. The van der Waals surface area contributed by atoms with Gasteiger partial charge < -0.3 is 15.8 Å². The van der Waals surface area contributed by atoms with Crippen LogP contribution in [0.1, 0.15) is 44.8 Å². The number of nitrogens with one attached hydrogen (secondary N) is 3. The van der Waals surface area contributed by atoms with Gasteiger partial charge >= 0.3 is 0 Å². The number of benzene rings is 2. The average Bonchev–Trinajstić information content (AvgIpc) is 3.19. The fourth-order valence-electron chi connectivity index (χ4n) is 4.55. The average molecular weight is 449 g/mol. The summed E-state index contributed by atoms with van der Waals surface area (Å²) in [5.41, 5.74) is 10.5.